The second kappa shape index (κ2) is 12.6. The van der Waals surface area contributed by atoms with Crippen LogP contribution >= 0.6 is 24.0 Å². The Labute approximate surface area is 171 Å². The molecule has 9 heteroatoms. The van der Waals surface area contributed by atoms with Crippen LogP contribution in [0.2, 0.25) is 0 Å². The number of halogens is 1. The summed E-state index contributed by atoms with van der Waals surface area (Å²) in [7, 11) is 1.59. The number of amides is 1. The number of aliphatic imine (C=N–C) groups is 1. The average Bonchev–Trinajstić information content (AvgIpc) is 2.85. The molecule has 0 bridgehead atoms. The molecule has 1 aliphatic heterocycles. The molecule has 0 saturated heterocycles. The van der Waals surface area contributed by atoms with E-state index in [4.69, 9.17) is 14.2 Å². The minimum atomic E-state index is -0.159. The number of rotatable bonds is 7. The smallest absolute Gasteiger partial charge is 0.241 e. The van der Waals surface area contributed by atoms with Crippen molar-refractivity contribution in [2.24, 2.45) is 4.99 Å². The van der Waals surface area contributed by atoms with Gasteiger partial charge in [-0.15, -0.1) is 24.0 Å². The van der Waals surface area contributed by atoms with Gasteiger partial charge >= 0.3 is 0 Å². The van der Waals surface area contributed by atoms with Gasteiger partial charge in [0.05, 0.1) is 19.8 Å². The Hall–Kier alpha value is -1.75. The number of fused-ring (bicyclic) bond motifs is 1. The van der Waals surface area contributed by atoms with Crippen LogP contribution in [0.1, 0.15) is 13.3 Å². The first kappa shape index (κ1) is 22.3. The van der Waals surface area contributed by atoms with Crippen LogP contribution in [-0.4, -0.2) is 58.4 Å². The number of nitrogens with one attached hydrogen (secondary N) is 3. The van der Waals surface area contributed by atoms with Gasteiger partial charge in [-0.25, -0.2) is 4.99 Å². The molecule has 8 nitrogen and oxygen atoms in total. The van der Waals surface area contributed by atoms with E-state index in [9.17, 15) is 4.79 Å². The molecule has 0 fully saturated rings. The number of carbonyl (C=O) groups excluding carboxylic acids is 1. The predicted molar refractivity (Wildman–Crippen MR) is 112 cm³/mol. The lowest BCUT2D eigenvalue weighted by Gasteiger charge is -2.13. The van der Waals surface area contributed by atoms with E-state index in [1.54, 1.807) is 7.11 Å². The van der Waals surface area contributed by atoms with Crippen LogP contribution in [-0.2, 0) is 9.53 Å². The molecular formula is C17H27IN4O4. The normalized spacial score (nSPS) is 13.2. The number of nitrogens with zero attached hydrogens (tertiary/aromatic N) is 1. The summed E-state index contributed by atoms with van der Waals surface area (Å²) in [5.74, 6) is 1.81. The summed E-state index contributed by atoms with van der Waals surface area (Å²) in [4.78, 5) is 16.0. The lowest BCUT2D eigenvalue weighted by Crippen LogP contribution is -2.34. The molecule has 26 heavy (non-hydrogen) atoms. The number of anilines is 1. The molecule has 0 aliphatic carbocycles. The Morgan fingerprint density at radius 1 is 1.23 bits per heavy atom. The van der Waals surface area contributed by atoms with Crippen LogP contribution in [0.3, 0.4) is 0 Å². The van der Waals surface area contributed by atoms with Gasteiger partial charge in [-0.1, -0.05) is 0 Å². The van der Waals surface area contributed by atoms with Crippen molar-refractivity contribution in [2.75, 3.05) is 51.9 Å². The first-order chi connectivity index (χ1) is 12.2. The van der Waals surface area contributed by atoms with E-state index in [2.05, 4.69) is 20.9 Å². The molecule has 0 atom stereocenters. The molecule has 1 amide bonds. The lowest BCUT2D eigenvalue weighted by atomic mass is 10.3. The Bertz CT molecular complexity index is 598. The SMILES string of the molecule is CCNC(=NCC(=O)NCCOC)Nc1ccc2c(c1)OCCCO2.I. The molecule has 1 aliphatic rings. The highest BCUT2D eigenvalue weighted by molar-refractivity contribution is 14.0. The maximum absolute atomic E-state index is 11.7. The van der Waals surface area contributed by atoms with Gasteiger partial charge in [0.15, 0.2) is 17.5 Å². The van der Waals surface area contributed by atoms with Gasteiger partial charge in [0, 0.05) is 38.4 Å². The Kier molecular flexibility index (Phi) is 10.8. The third-order valence-corrected chi connectivity index (χ3v) is 3.36. The molecule has 0 unspecified atom stereocenters. The molecule has 2 rings (SSSR count). The van der Waals surface area contributed by atoms with Gasteiger partial charge in [-0.05, 0) is 19.1 Å². The van der Waals surface area contributed by atoms with Crippen LogP contribution in [0.5, 0.6) is 11.5 Å². The molecule has 1 heterocycles. The largest absolute Gasteiger partial charge is 0.490 e. The molecular weight excluding hydrogens is 451 g/mol. The van der Waals surface area contributed by atoms with Crippen molar-refractivity contribution in [3.63, 3.8) is 0 Å². The number of carbonyl (C=O) groups is 1. The van der Waals surface area contributed by atoms with Gasteiger partial charge in [-0.2, -0.15) is 0 Å². The fourth-order valence-corrected chi connectivity index (χ4v) is 2.18. The molecule has 1 aromatic rings. The minimum Gasteiger partial charge on any atom is -0.490 e. The standard InChI is InChI=1S/C17H26N4O4.HI/c1-3-18-17(20-12-16(22)19-7-10-23-2)21-13-5-6-14-15(11-13)25-9-4-8-24-14;/h5-6,11H,3-4,7-10,12H2,1-2H3,(H,19,22)(H2,18,20,21);1H. The third-order valence-electron chi connectivity index (χ3n) is 3.36. The number of benzene rings is 1. The Balaban J connectivity index is 0.00000338. The predicted octanol–water partition coefficient (Wildman–Crippen LogP) is 1.61. The monoisotopic (exact) mass is 478 g/mol. The van der Waals surface area contributed by atoms with E-state index < -0.39 is 0 Å². The highest BCUT2D eigenvalue weighted by atomic mass is 127. The summed E-state index contributed by atoms with van der Waals surface area (Å²) in [6.07, 6.45) is 0.861. The maximum atomic E-state index is 11.7. The molecule has 0 aromatic heterocycles. The first-order valence-corrected chi connectivity index (χ1v) is 8.43. The molecule has 3 N–H and O–H groups in total. The van der Waals surface area contributed by atoms with E-state index >= 15 is 0 Å². The van der Waals surface area contributed by atoms with E-state index in [1.807, 2.05) is 25.1 Å². The number of hydrogen-bond donors (Lipinski definition) is 3. The summed E-state index contributed by atoms with van der Waals surface area (Å²) in [5, 5.41) is 9.01. The number of guanidine groups is 1. The number of ether oxygens (including phenoxy) is 3. The van der Waals surface area contributed by atoms with Crippen LogP contribution < -0.4 is 25.4 Å². The zero-order valence-electron chi connectivity index (χ0n) is 15.2. The van der Waals surface area contributed by atoms with E-state index in [0.717, 1.165) is 17.9 Å². The lowest BCUT2D eigenvalue weighted by molar-refractivity contribution is -0.119. The third kappa shape index (κ3) is 7.65. The maximum Gasteiger partial charge on any atom is 0.241 e. The first-order valence-electron chi connectivity index (χ1n) is 8.43. The summed E-state index contributed by atoms with van der Waals surface area (Å²) >= 11 is 0. The molecule has 0 radical (unpaired) electrons. The quantitative estimate of drug-likeness (QED) is 0.239. The summed E-state index contributed by atoms with van der Waals surface area (Å²) in [6, 6.07) is 5.62. The molecule has 1 aromatic carbocycles. The van der Waals surface area contributed by atoms with E-state index in [0.29, 0.717) is 44.6 Å². The Morgan fingerprint density at radius 2 is 2.00 bits per heavy atom. The van der Waals surface area contributed by atoms with Crippen molar-refractivity contribution in [3.8, 4) is 11.5 Å². The highest BCUT2D eigenvalue weighted by Gasteiger charge is 2.11. The second-order valence-corrected chi connectivity index (χ2v) is 5.37. The number of methoxy groups -OCH3 is 1. The molecule has 146 valence electrons. The van der Waals surface area contributed by atoms with Crippen molar-refractivity contribution in [3.05, 3.63) is 18.2 Å². The fraction of sp³-hybridized carbons (Fsp3) is 0.529. The van der Waals surface area contributed by atoms with Crippen molar-refractivity contribution in [2.45, 2.75) is 13.3 Å². The zero-order chi connectivity index (χ0) is 17.9. The summed E-state index contributed by atoms with van der Waals surface area (Å²) in [5.41, 5.74) is 0.809. The van der Waals surface area contributed by atoms with E-state index in [1.165, 1.54) is 0 Å². The van der Waals surface area contributed by atoms with Gasteiger partial charge in [0.25, 0.3) is 0 Å². The van der Waals surface area contributed by atoms with Gasteiger partial charge in [0.1, 0.15) is 6.54 Å². The Morgan fingerprint density at radius 3 is 2.73 bits per heavy atom. The van der Waals surface area contributed by atoms with Gasteiger partial charge in [0.2, 0.25) is 5.91 Å². The van der Waals surface area contributed by atoms with Crippen LogP contribution in [0, 0.1) is 0 Å². The van der Waals surface area contributed by atoms with Crippen LogP contribution in [0.15, 0.2) is 23.2 Å². The summed E-state index contributed by atoms with van der Waals surface area (Å²) < 4.78 is 16.2. The minimum absolute atomic E-state index is 0. The van der Waals surface area contributed by atoms with Crippen molar-refractivity contribution < 1.29 is 19.0 Å². The van der Waals surface area contributed by atoms with Crippen LogP contribution in [0.25, 0.3) is 0 Å². The number of hydrogen-bond acceptors (Lipinski definition) is 5. The van der Waals surface area contributed by atoms with Crippen molar-refractivity contribution in [1.82, 2.24) is 10.6 Å². The topological polar surface area (TPSA) is 93.2 Å². The van der Waals surface area contributed by atoms with E-state index in [-0.39, 0.29) is 36.4 Å². The highest BCUT2D eigenvalue weighted by Crippen LogP contribution is 2.32. The second-order valence-electron chi connectivity index (χ2n) is 5.37. The summed E-state index contributed by atoms with van der Waals surface area (Å²) in [6.45, 7) is 4.91. The fourth-order valence-electron chi connectivity index (χ4n) is 2.18. The molecule has 0 spiro atoms. The zero-order valence-corrected chi connectivity index (χ0v) is 17.5. The van der Waals surface area contributed by atoms with Gasteiger partial charge in [-0.3, -0.25) is 4.79 Å². The van der Waals surface area contributed by atoms with Crippen molar-refractivity contribution >= 4 is 41.5 Å². The average molecular weight is 478 g/mol. The van der Waals surface area contributed by atoms with Crippen molar-refractivity contribution in [1.29, 1.82) is 0 Å². The van der Waals surface area contributed by atoms with Gasteiger partial charge < -0.3 is 30.2 Å². The molecule has 0 saturated carbocycles. The van der Waals surface area contributed by atoms with Crippen LogP contribution in [0.4, 0.5) is 5.69 Å².